The first-order valence-electron chi connectivity index (χ1n) is 5.93. The Kier molecular flexibility index (Phi) is 4.37. The molecular formula is C13H21N3O. The monoisotopic (exact) mass is 235 g/mol. The molecule has 0 saturated heterocycles. The molecule has 0 aromatic heterocycles. The molecule has 0 heterocycles. The zero-order chi connectivity index (χ0) is 13.0. The maximum Gasteiger partial charge on any atom is 0.250 e. The van der Waals surface area contributed by atoms with Crippen molar-refractivity contribution in [3.05, 3.63) is 23.8 Å². The van der Waals surface area contributed by atoms with Gasteiger partial charge in [-0.2, -0.15) is 0 Å². The van der Waals surface area contributed by atoms with Crippen molar-refractivity contribution in [2.24, 2.45) is 5.73 Å². The van der Waals surface area contributed by atoms with Crippen LogP contribution in [0.25, 0.3) is 0 Å². The number of nitrogen functional groups attached to an aromatic ring is 1. The second-order valence-electron chi connectivity index (χ2n) is 4.22. The predicted molar refractivity (Wildman–Crippen MR) is 72.1 cm³/mol. The van der Waals surface area contributed by atoms with Gasteiger partial charge in [0.05, 0.1) is 11.3 Å². The highest BCUT2D eigenvalue weighted by atomic mass is 16.1. The van der Waals surface area contributed by atoms with Crippen LogP contribution in [-0.2, 0) is 0 Å². The Morgan fingerprint density at radius 2 is 1.94 bits per heavy atom. The first kappa shape index (κ1) is 13.4. The van der Waals surface area contributed by atoms with Gasteiger partial charge in [0.1, 0.15) is 0 Å². The van der Waals surface area contributed by atoms with Crippen LogP contribution in [0.15, 0.2) is 18.2 Å². The SMILES string of the molecule is CCC(CC)N(C)c1cc(N)ccc1C(N)=O. The number of nitrogens with zero attached hydrogens (tertiary/aromatic N) is 1. The molecule has 4 heteroatoms. The van der Waals surface area contributed by atoms with Gasteiger partial charge in [0.15, 0.2) is 0 Å². The van der Waals surface area contributed by atoms with E-state index in [-0.39, 0.29) is 0 Å². The van der Waals surface area contributed by atoms with Gasteiger partial charge in [0.25, 0.3) is 5.91 Å². The number of carbonyl (C=O) groups is 1. The van der Waals surface area contributed by atoms with Gasteiger partial charge in [-0.1, -0.05) is 13.8 Å². The van der Waals surface area contributed by atoms with E-state index < -0.39 is 5.91 Å². The Balaban J connectivity index is 3.18. The molecular weight excluding hydrogens is 214 g/mol. The van der Waals surface area contributed by atoms with E-state index in [1.807, 2.05) is 7.05 Å². The summed E-state index contributed by atoms with van der Waals surface area (Å²) in [5.41, 5.74) is 13.1. The Morgan fingerprint density at radius 3 is 2.41 bits per heavy atom. The van der Waals surface area contributed by atoms with Gasteiger partial charge in [0.2, 0.25) is 0 Å². The van der Waals surface area contributed by atoms with Crippen LogP contribution in [-0.4, -0.2) is 19.0 Å². The van der Waals surface area contributed by atoms with Crippen molar-refractivity contribution in [3.8, 4) is 0 Å². The summed E-state index contributed by atoms with van der Waals surface area (Å²) in [7, 11) is 1.97. The molecule has 0 aliphatic rings. The summed E-state index contributed by atoms with van der Waals surface area (Å²) in [5.74, 6) is -0.419. The van der Waals surface area contributed by atoms with Crippen molar-refractivity contribution in [2.45, 2.75) is 32.7 Å². The maximum atomic E-state index is 11.4. The minimum absolute atomic E-state index is 0.384. The molecule has 1 aromatic rings. The van der Waals surface area contributed by atoms with Crippen molar-refractivity contribution in [2.75, 3.05) is 17.7 Å². The Morgan fingerprint density at radius 1 is 1.35 bits per heavy atom. The third-order valence-corrected chi connectivity index (χ3v) is 3.16. The van der Waals surface area contributed by atoms with Crippen molar-refractivity contribution < 1.29 is 4.79 Å². The minimum Gasteiger partial charge on any atom is -0.399 e. The summed E-state index contributed by atoms with van der Waals surface area (Å²) in [6.45, 7) is 4.25. The van der Waals surface area contributed by atoms with E-state index >= 15 is 0 Å². The molecule has 0 saturated carbocycles. The molecule has 0 bridgehead atoms. The number of hydrogen-bond donors (Lipinski definition) is 2. The second kappa shape index (κ2) is 5.57. The Hall–Kier alpha value is -1.71. The molecule has 0 fully saturated rings. The molecule has 1 amide bonds. The average Bonchev–Trinajstić information content (AvgIpc) is 2.29. The fourth-order valence-electron chi connectivity index (χ4n) is 2.08. The van der Waals surface area contributed by atoms with Crippen molar-refractivity contribution in [1.29, 1.82) is 0 Å². The number of rotatable bonds is 5. The van der Waals surface area contributed by atoms with Crippen molar-refractivity contribution in [1.82, 2.24) is 0 Å². The van der Waals surface area contributed by atoms with Crippen LogP contribution < -0.4 is 16.4 Å². The number of benzene rings is 1. The molecule has 0 aliphatic carbocycles. The highest BCUT2D eigenvalue weighted by Gasteiger charge is 2.17. The summed E-state index contributed by atoms with van der Waals surface area (Å²) in [5, 5.41) is 0. The summed E-state index contributed by atoms with van der Waals surface area (Å²) in [6.07, 6.45) is 2.03. The first-order chi connectivity index (χ1) is 8.01. The largest absolute Gasteiger partial charge is 0.399 e. The van der Waals surface area contributed by atoms with Crippen LogP contribution in [0.3, 0.4) is 0 Å². The number of amides is 1. The lowest BCUT2D eigenvalue weighted by molar-refractivity contribution is 0.100. The third-order valence-electron chi connectivity index (χ3n) is 3.16. The maximum absolute atomic E-state index is 11.4. The zero-order valence-corrected chi connectivity index (χ0v) is 10.7. The van der Waals surface area contributed by atoms with Gasteiger partial charge in [-0.05, 0) is 31.0 Å². The van der Waals surface area contributed by atoms with Crippen LogP contribution in [0.1, 0.15) is 37.0 Å². The van der Waals surface area contributed by atoms with Crippen molar-refractivity contribution >= 4 is 17.3 Å². The Labute approximate surface area is 103 Å². The van der Waals surface area contributed by atoms with Crippen LogP contribution in [0.5, 0.6) is 0 Å². The van der Waals surface area contributed by atoms with Gasteiger partial charge < -0.3 is 16.4 Å². The molecule has 1 aromatic carbocycles. The van der Waals surface area contributed by atoms with Crippen LogP contribution in [0, 0.1) is 0 Å². The molecule has 0 aliphatic heterocycles. The fourth-order valence-corrected chi connectivity index (χ4v) is 2.08. The number of nitrogens with two attached hydrogens (primary N) is 2. The summed E-state index contributed by atoms with van der Waals surface area (Å²) >= 11 is 0. The van der Waals surface area contributed by atoms with Gasteiger partial charge in [-0.15, -0.1) is 0 Å². The van der Waals surface area contributed by atoms with E-state index in [4.69, 9.17) is 11.5 Å². The molecule has 0 atom stereocenters. The van der Waals surface area contributed by atoms with Crippen LogP contribution >= 0.6 is 0 Å². The fraction of sp³-hybridized carbons (Fsp3) is 0.462. The van der Waals surface area contributed by atoms with E-state index in [1.165, 1.54) is 0 Å². The molecule has 1 rings (SSSR count). The predicted octanol–water partition coefficient (Wildman–Crippen LogP) is 1.99. The van der Waals surface area contributed by atoms with E-state index in [2.05, 4.69) is 18.7 Å². The highest BCUT2D eigenvalue weighted by molar-refractivity contribution is 5.99. The van der Waals surface area contributed by atoms with Gasteiger partial charge >= 0.3 is 0 Å². The van der Waals surface area contributed by atoms with Gasteiger partial charge in [0, 0.05) is 18.8 Å². The molecule has 4 nitrogen and oxygen atoms in total. The molecule has 0 radical (unpaired) electrons. The second-order valence-corrected chi connectivity index (χ2v) is 4.22. The van der Waals surface area contributed by atoms with Gasteiger partial charge in [-0.3, -0.25) is 4.79 Å². The minimum atomic E-state index is -0.419. The molecule has 0 unspecified atom stereocenters. The lowest BCUT2D eigenvalue weighted by Gasteiger charge is -2.30. The zero-order valence-electron chi connectivity index (χ0n) is 10.7. The standard InChI is InChI=1S/C13H21N3O/c1-4-10(5-2)16(3)12-8-9(14)6-7-11(12)13(15)17/h6-8,10H,4-5,14H2,1-3H3,(H2,15,17). The number of anilines is 2. The first-order valence-corrected chi connectivity index (χ1v) is 5.93. The smallest absolute Gasteiger partial charge is 0.250 e. The van der Waals surface area contributed by atoms with E-state index in [9.17, 15) is 4.79 Å². The van der Waals surface area contributed by atoms with E-state index in [1.54, 1.807) is 18.2 Å². The third kappa shape index (κ3) is 2.90. The van der Waals surface area contributed by atoms with Crippen LogP contribution in [0.4, 0.5) is 11.4 Å². The average molecular weight is 235 g/mol. The topological polar surface area (TPSA) is 72.3 Å². The van der Waals surface area contributed by atoms with Gasteiger partial charge in [-0.25, -0.2) is 0 Å². The summed E-state index contributed by atoms with van der Waals surface area (Å²) < 4.78 is 0. The number of hydrogen-bond acceptors (Lipinski definition) is 3. The number of primary amides is 1. The highest BCUT2D eigenvalue weighted by Crippen LogP contribution is 2.25. The summed E-state index contributed by atoms with van der Waals surface area (Å²) in [4.78, 5) is 13.5. The lowest BCUT2D eigenvalue weighted by atomic mass is 10.1. The Bertz CT molecular complexity index is 400. The molecule has 17 heavy (non-hydrogen) atoms. The quantitative estimate of drug-likeness (QED) is 0.767. The van der Waals surface area contributed by atoms with Crippen molar-refractivity contribution in [3.63, 3.8) is 0 Å². The summed E-state index contributed by atoms with van der Waals surface area (Å²) in [6, 6.07) is 5.57. The molecule has 4 N–H and O–H groups in total. The van der Waals surface area contributed by atoms with Crippen LogP contribution in [0.2, 0.25) is 0 Å². The normalized spacial score (nSPS) is 10.6. The molecule has 0 spiro atoms. The van der Waals surface area contributed by atoms with E-state index in [0.717, 1.165) is 18.5 Å². The van der Waals surface area contributed by atoms with E-state index in [0.29, 0.717) is 17.3 Å². The molecule has 94 valence electrons. The number of carbonyl (C=O) groups excluding carboxylic acids is 1. The lowest BCUT2D eigenvalue weighted by Crippen LogP contribution is -2.32.